The highest BCUT2D eigenvalue weighted by Crippen LogP contribution is 2.38. The maximum absolute atomic E-state index is 13.5. The van der Waals surface area contributed by atoms with Crippen LogP contribution in [0.4, 0.5) is 4.39 Å². The fourth-order valence-corrected chi connectivity index (χ4v) is 5.52. The fourth-order valence-electron chi connectivity index (χ4n) is 5.52. The van der Waals surface area contributed by atoms with Crippen LogP contribution in [0.1, 0.15) is 61.4 Å². The van der Waals surface area contributed by atoms with Gasteiger partial charge in [-0.2, -0.15) is 5.06 Å². The van der Waals surface area contributed by atoms with Gasteiger partial charge in [-0.25, -0.2) is 23.6 Å². The number of carboxylic acid groups (broad SMARTS) is 4. The van der Waals surface area contributed by atoms with Crippen molar-refractivity contribution in [2.75, 3.05) is 13.1 Å². The van der Waals surface area contributed by atoms with Gasteiger partial charge in [-0.15, -0.1) is 0 Å². The van der Waals surface area contributed by atoms with Crippen LogP contribution in [0.15, 0.2) is 71.3 Å². The predicted octanol–water partition coefficient (Wildman–Crippen LogP) is 4.68. The summed E-state index contributed by atoms with van der Waals surface area (Å²) >= 11 is 0. The largest absolute Gasteiger partial charge is 0.478 e. The van der Waals surface area contributed by atoms with Crippen molar-refractivity contribution in [3.63, 3.8) is 0 Å². The van der Waals surface area contributed by atoms with Crippen molar-refractivity contribution in [3.8, 4) is 0 Å². The van der Waals surface area contributed by atoms with E-state index in [0.29, 0.717) is 35.8 Å². The Morgan fingerprint density at radius 2 is 1.48 bits per heavy atom. The molecule has 2 atom stereocenters. The van der Waals surface area contributed by atoms with Crippen LogP contribution in [0.25, 0.3) is 11.0 Å². The number of aliphatic carboxylic acids is 4. The molecule has 0 spiro atoms. The average Bonchev–Trinajstić information content (AvgIpc) is 3.44. The van der Waals surface area contributed by atoms with Crippen molar-refractivity contribution in [1.29, 1.82) is 0 Å². The molecule has 1 aromatic heterocycles. The monoisotopic (exact) mass is 641 g/mol. The van der Waals surface area contributed by atoms with E-state index < -0.39 is 23.9 Å². The topological polar surface area (TPSA) is 202 Å². The van der Waals surface area contributed by atoms with Crippen LogP contribution >= 0.6 is 0 Å². The standard InChI is InChI=1S/C24H28FN3O2.2C4H4O4/c1-2-5-21-19-7-4-3-6-17(19)14-23(28(21)29)27-12-10-16(11-13-27)24-20-9-8-18(25)15-22(20)30-26-24;2*5-3(6)1-2-4(7)8/h3-4,6-9,15-16,21,23,29H,2,5,10-14H2,1H3;2*1-2H,(H,5,6)(H,7,8)/b;2*2-1+. The van der Waals surface area contributed by atoms with Gasteiger partial charge in [0.15, 0.2) is 5.58 Å². The molecular formula is C32H36FN3O10. The summed E-state index contributed by atoms with van der Waals surface area (Å²) in [7, 11) is 0. The lowest BCUT2D eigenvalue weighted by Crippen LogP contribution is -2.54. The molecule has 5 N–H and O–H groups in total. The second kappa shape index (κ2) is 17.0. The molecule has 0 radical (unpaired) electrons. The van der Waals surface area contributed by atoms with Gasteiger partial charge in [0.1, 0.15) is 5.82 Å². The number of nitrogens with zero attached hydrogens (tertiary/aromatic N) is 3. The van der Waals surface area contributed by atoms with E-state index in [0.717, 1.165) is 56.3 Å². The van der Waals surface area contributed by atoms with E-state index in [-0.39, 0.29) is 18.0 Å². The van der Waals surface area contributed by atoms with Gasteiger partial charge < -0.3 is 30.2 Å². The molecule has 0 bridgehead atoms. The molecule has 13 nitrogen and oxygen atoms in total. The zero-order valence-electron chi connectivity index (χ0n) is 25.0. The molecule has 14 heteroatoms. The van der Waals surface area contributed by atoms with E-state index in [1.54, 1.807) is 11.1 Å². The lowest BCUT2D eigenvalue weighted by molar-refractivity contribution is -0.211. The number of carbonyl (C=O) groups is 4. The van der Waals surface area contributed by atoms with Gasteiger partial charge >= 0.3 is 23.9 Å². The number of carboxylic acids is 4. The van der Waals surface area contributed by atoms with Crippen molar-refractivity contribution in [2.24, 2.45) is 0 Å². The SMILES string of the molecule is CCCC1c2ccccc2CC(N2CCC(c3noc4cc(F)ccc34)CC2)N1O.O=C(O)/C=C/C(=O)O.O=C(O)/C=C/C(=O)O. The number of fused-ring (bicyclic) bond motifs is 2. The third kappa shape index (κ3) is 10.1. The Morgan fingerprint density at radius 1 is 0.913 bits per heavy atom. The number of hydroxylamine groups is 2. The van der Waals surface area contributed by atoms with Crippen LogP contribution in [0.5, 0.6) is 0 Å². The zero-order valence-corrected chi connectivity index (χ0v) is 25.0. The number of halogens is 1. The minimum absolute atomic E-state index is 0.000508. The molecule has 5 rings (SSSR count). The molecule has 0 amide bonds. The number of hydrogen-bond acceptors (Lipinski definition) is 9. The summed E-state index contributed by atoms with van der Waals surface area (Å²) in [6.45, 7) is 3.95. The minimum Gasteiger partial charge on any atom is -0.478 e. The summed E-state index contributed by atoms with van der Waals surface area (Å²) in [6, 6.07) is 13.2. The summed E-state index contributed by atoms with van der Waals surface area (Å²) < 4.78 is 18.8. The first kappa shape index (κ1) is 35.6. The summed E-state index contributed by atoms with van der Waals surface area (Å²) in [4.78, 5) is 40.6. The number of rotatable bonds is 8. The van der Waals surface area contributed by atoms with Gasteiger partial charge in [0, 0.05) is 61.2 Å². The molecule has 3 aromatic rings. The van der Waals surface area contributed by atoms with E-state index in [1.807, 2.05) is 0 Å². The van der Waals surface area contributed by atoms with Gasteiger partial charge in [0.25, 0.3) is 0 Å². The Bertz CT molecular complexity index is 1510. The summed E-state index contributed by atoms with van der Waals surface area (Å²) in [6.07, 6.45) is 6.94. The van der Waals surface area contributed by atoms with Gasteiger partial charge in [0.2, 0.25) is 0 Å². The Kier molecular flexibility index (Phi) is 13.1. The second-order valence-electron chi connectivity index (χ2n) is 10.6. The Balaban J connectivity index is 0.000000299. The third-order valence-corrected chi connectivity index (χ3v) is 7.54. The van der Waals surface area contributed by atoms with Crippen LogP contribution in [0, 0.1) is 5.82 Å². The maximum atomic E-state index is 13.5. The van der Waals surface area contributed by atoms with Crippen molar-refractivity contribution in [3.05, 3.63) is 89.4 Å². The second-order valence-corrected chi connectivity index (χ2v) is 10.6. The number of hydrogen-bond donors (Lipinski definition) is 5. The lowest BCUT2D eigenvalue weighted by atomic mass is 9.87. The van der Waals surface area contributed by atoms with Crippen LogP contribution in [0.3, 0.4) is 0 Å². The van der Waals surface area contributed by atoms with Gasteiger partial charge in [0.05, 0.1) is 17.9 Å². The van der Waals surface area contributed by atoms with Crippen LogP contribution in [0.2, 0.25) is 0 Å². The predicted molar refractivity (Wildman–Crippen MR) is 162 cm³/mol. The van der Waals surface area contributed by atoms with Crippen molar-refractivity contribution in [1.82, 2.24) is 15.1 Å². The summed E-state index contributed by atoms with van der Waals surface area (Å²) in [5, 5.41) is 49.1. The number of benzene rings is 2. The first-order valence-electron chi connectivity index (χ1n) is 14.5. The normalized spacial score (nSPS) is 18.8. The number of aromatic nitrogens is 1. The molecule has 2 aromatic carbocycles. The number of likely N-dealkylation sites (tertiary alicyclic amines) is 1. The van der Waals surface area contributed by atoms with Gasteiger partial charge in [-0.1, -0.05) is 42.8 Å². The van der Waals surface area contributed by atoms with E-state index in [2.05, 4.69) is 41.2 Å². The van der Waals surface area contributed by atoms with Crippen molar-refractivity contribution < 1.29 is 53.7 Å². The van der Waals surface area contributed by atoms with Crippen molar-refractivity contribution >= 4 is 34.8 Å². The molecule has 1 fully saturated rings. The third-order valence-electron chi connectivity index (χ3n) is 7.54. The average molecular weight is 642 g/mol. The van der Waals surface area contributed by atoms with Gasteiger partial charge in [-0.3, -0.25) is 4.90 Å². The first-order chi connectivity index (χ1) is 21.9. The Hall–Kier alpha value is -4.92. The highest BCUT2D eigenvalue weighted by molar-refractivity contribution is 5.90. The molecular weight excluding hydrogens is 605 g/mol. The van der Waals surface area contributed by atoms with Gasteiger partial charge in [-0.05, 0) is 42.5 Å². The first-order valence-corrected chi connectivity index (χ1v) is 14.5. The molecule has 1 saturated heterocycles. The Morgan fingerprint density at radius 3 is 2.02 bits per heavy atom. The Labute approximate surface area is 263 Å². The van der Waals surface area contributed by atoms with Crippen molar-refractivity contribution in [2.45, 2.75) is 57.2 Å². The molecule has 3 heterocycles. The van der Waals surface area contributed by atoms with Crippen LogP contribution in [-0.2, 0) is 25.6 Å². The molecule has 46 heavy (non-hydrogen) atoms. The van der Waals surface area contributed by atoms with E-state index in [4.69, 9.17) is 24.9 Å². The quantitative estimate of drug-likeness (QED) is 0.212. The molecule has 2 aliphatic heterocycles. The molecule has 246 valence electrons. The highest BCUT2D eigenvalue weighted by Gasteiger charge is 2.38. The molecule has 2 unspecified atom stereocenters. The fraction of sp³-hybridized carbons (Fsp3) is 0.344. The minimum atomic E-state index is -1.26. The molecule has 0 aliphatic carbocycles. The summed E-state index contributed by atoms with van der Waals surface area (Å²) in [5.41, 5.74) is 4.05. The lowest BCUT2D eigenvalue weighted by Gasteiger charge is -2.46. The van der Waals surface area contributed by atoms with E-state index in [1.165, 1.54) is 23.3 Å². The van der Waals surface area contributed by atoms with Crippen LogP contribution in [-0.4, -0.2) is 83.9 Å². The zero-order chi connectivity index (χ0) is 33.8. The summed E-state index contributed by atoms with van der Waals surface area (Å²) in [5.74, 6) is -5.04. The van der Waals surface area contributed by atoms with Crippen LogP contribution < -0.4 is 0 Å². The molecule has 0 saturated carbocycles. The van der Waals surface area contributed by atoms with E-state index >= 15 is 0 Å². The highest BCUT2D eigenvalue weighted by atomic mass is 19.1. The number of piperidine rings is 1. The molecule has 2 aliphatic rings. The smallest absolute Gasteiger partial charge is 0.328 e. The van der Waals surface area contributed by atoms with E-state index in [9.17, 15) is 28.8 Å². The maximum Gasteiger partial charge on any atom is 0.328 e.